The second-order valence-corrected chi connectivity index (χ2v) is 9.20. The number of piperidine rings is 1. The lowest BCUT2D eigenvalue weighted by Crippen LogP contribution is -2.40. The minimum atomic E-state index is 0.119. The summed E-state index contributed by atoms with van der Waals surface area (Å²) in [5, 5.41) is 4.69. The van der Waals surface area contributed by atoms with E-state index in [0.717, 1.165) is 60.2 Å². The third-order valence-corrected chi connectivity index (χ3v) is 6.74. The van der Waals surface area contributed by atoms with E-state index in [-0.39, 0.29) is 5.91 Å². The van der Waals surface area contributed by atoms with Crippen molar-refractivity contribution in [3.63, 3.8) is 0 Å². The van der Waals surface area contributed by atoms with Crippen molar-refractivity contribution >= 4 is 22.5 Å². The molecule has 0 bridgehead atoms. The number of carbonyl (C=O) groups is 1. The predicted molar refractivity (Wildman–Crippen MR) is 137 cm³/mol. The van der Waals surface area contributed by atoms with Crippen LogP contribution < -0.4 is 5.32 Å². The fourth-order valence-electron chi connectivity index (χ4n) is 4.90. The van der Waals surface area contributed by atoms with E-state index in [1.165, 1.54) is 10.9 Å². The molecular formula is C29H30N4O. The molecule has 1 saturated heterocycles. The molecule has 0 unspecified atom stereocenters. The molecule has 1 amide bonds. The van der Waals surface area contributed by atoms with Crippen LogP contribution in [0.4, 0.5) is 5.69 Å². The highest BCUT2D eigenvalue weighted by Gasteiger charge is 2.25. The number of pyridine rings is 2. The van der Waals surface area contributed by atoms with E-state index in [4.69, 9.17) is 0 Å². The molecule has 4 aromatic rings. The molecule has 0 aliphatic carbocycles. The van der Waals surface area contributed by atoms with Gasteiger partial charge in [0, 0.05) is 54.9 Å². The molecule has 0 spiro atoms. The van der Waals surface area contributed by atoms with Crippen LogP contribution in [0, 0.1) is 12.8 Å². The molecule has 1 N–H and O–H groups in total. The smallest absolute Gasteiger partial charge is 0.253 e. The summed E-state index contributed by atoms with van der Waals surface area (Å²) in [5.74, 6) is 0.575. The van der Waals surface area contributed by atoms with Gasteiger partial charge in [-0.05, 0) is 79.1 Å². The van der Waals surface area contributed by atoms with Crippen molar-refractivity contribution in [1.82, 2.24) is 14.9 Å². The van der Waals surface area contributed by atoms with Crippen LogP contribution in [0.25, 0.3) is 10.9 Å². The number of amides is 1. The number of nitrogens with zero attached hydrogens (tertiary/aromatic N) is 3. The van der Waals surface area contributed by atoms with Gasteiger partial charge in [-0.3, -0.25) is 14.8 Å². The zero-order valence-corrected chi connectivity index (χ0v) is 19.6. The molecule has 1 aliphatic rings. The quantitative estimate of drug-likeness (QED) is 0.413. The van der Waals surface area contributed by atoms with Crippen molar-refractivity contribution in [2.45, 2.75) is 32.7 Å². The molecule has 0 saturated carbocycles. The van der Waals surface area contributed by atoms with Gasteiger partial charge in [0.1, 0.15) is 0 Å². The van der Waals surface area contributed by atoms with Gasteiger partial charge < -0.3 is 10.2 Å². The molecule has 5 rings (SSSR count). The summed E-state index contributed by atoms with van der Waals surface area (Å²) in [4.78, 5) is 24.1. The lowest BCUT2D eigenvalue weighted by molar-refractivity contribution is 0.0673. The first-order valence-corrected chi connectivity index (χ1v) is 12.0. The largest absolute Gasteiger partial charge is 0.381 e. The molecule has 0 radical (unpaired) electrons. The molecule has 1 aliphatic heterocycles. The fourth-order valence-corrected chi connectivity index (χ4v) is 4.90. The van der Waals surface area contributed by atoms with Gasteiger partial charge >= 0.3 is 0 Å². The Morgan fingerprint density at radius 3 is 2.88 bits per heavy atom. The van der Waals surface area contributed by atoms with Crippen molar-refractivity contribution in [3.8, 4) is 0 Å². The highest BCUT2D eigenvalue weighted by atomic mass is 16.2. The van der Waals surface area contributed by atoms with Gasteiger partial charge in [-0.15, -0.1) is 0 Å². The Morgan fingerprint density at radius 1 is 1.09 bits per heavy atom. The number of fused-ring (bicyclic) bond motifs is 1. The summed E-state index contributed by atoms with van der Waals surface area (Å²) in [6.07, 6.45) is 8.63. The van der Waals surface area contributed by atoms with Crippen LogP contribution in [0.3, 0.4) is 0 Å². The Morgan fingerprint density at radius 2 is 2.00 bits per heavy atom. The van der Waals surface area contributed by atoms with Crippen LogP contribution >= 0.6 is 0 Å². The van der Waals surface area contributed by atoms with Gasteiger partial charge in [-0.25, -0.2) is 0 Å². The van der Waals surface area contributed by atoms with E-state index in [1.807, 2.05) is 53.7 Å². The summed E-state index contributed by atoms with van der Waals surface area (Å²) < 4.78 is 0. The number of carbonyl (C=O) groups excluding carboxylic acids is 1. The maximum absolute atomic E-state index is 13.4. The number of aromatic nitrogens is 2. The summed E-state index contributed by atoms with van der Waals surface area (Å²) in [6.45, 7) is 4.36. The maximum Gasteiger partial charge on any atom is 0.253 e. The lowest BCUT2D eigenvalue weighted by Gasteiger charge is -2.33. The average molecular weight is 451 g/mol. The average Bonchev–Trinajstić information content (AvgIpc) is 2.89. The van der Waals surface area contributed by atoms with E-state index < -0.39 is 0 Å². The van der Waals surface area contributed by atoms with E-state index in [1.54, 1.807) is 6.20 Å². The lowest BCUT2D eigenvalue weighted by atomic mass is 9.89. The number of hydrogen-bond acceptors (Lipinski definition) is 4. The number of benzene rings is 2. The number of nitrogens with one attached hydrogen (secondary N) is 1. The third kappa shape index (κ3) is 4.93. The van der Waals surface area contributed by atoms with Crippen molar-refractivity contribution < 1.29 is 4.79 Å². The van der Waals surface area contributed by atoms with E-state index in [9.17, 15) is 4.79 Å². The number of anilines is 1. The van der Waals surface area contributed by atoms with Crippen molar-refractivity contribution in [1.29, 1.82) is 0 Å². The van der Waals surface area contributed by atoms with Crippen molar-refractivity contribution in [3.05, 3.63) is 102 Å². The normalized spacial score (nSPS) is 15.9. The minimum Gasteiger partial charge on any atom is -0.381 e. The summed E-state index contributed by atoms with van der Waals surface area (Å²) >= 11 is 0. The summed E-state index contributed by atoms with van der Waals surface area (Å²) in [6, 6.07) is 20.5. The maximum atomic E-state index is 13.4. The fraction of sp³-hybridized carbons (Fsp3) is 0.276. The number of likely N-dealkylation sites (tertiary alicyclic amines) is 1. The Bertz CT molecular complexity index is 1280. The molecule has 2 aromatic carbocycles. The molecule has 3 heterocycles. The highest BCUT2D eigenvalue weighted by Crippen LogP contribution is 2.27. The van der Waals surface area contributed by atoms with Crippen LogP contribution in [0.2, 0.25) is 0 Å². The Labute approximate surface area is 200 Å². The van der Waals surface area contributed by atoms with Crippen LogP contribution in [0.15, 0.2) is 79.3 Å². The molecule has 1 fully saturated rings. The molecule has 172 valence electrons. The van der Waals surface area contributed by atoms with E-state index >= 15 is 0 Å². The molecule has 1 atom stereocenters. The van der Waals surface area contributed by atoms with E-state index in [2.05, 4.69) is 46.5 Å². The van der Waals surface area contributed by atoms with Gasteiger partial charge in [0.25, 0.3) is 5.91 Å². The van der Waals surface area contributed by atoms with Gasteiger partial charge in [0.15, 0.2) is 0 Å². The van der Waals surface area contributed by atoms with Gasteiger partial charge in [-0.1, -0.05) is 30.3 Å². The van der Waals surface area contributed by atoms with Crippen LogP contribution in [0.1, 0.15) is 39.9 Å². The Hall–Kier alpha value is -3.73. The van der Waals surface area contributed by atoms with Crippen molar-refractivity contribution in [2.24, 2.45) is 5.92 Å². The minimum absolute atomic E-state index is 0.119. The first kappa shape index (κ1) is 22.1. The van der Waals surface area contributed by atoms with E-state index in [0.29, 0.717) is 12.5 Å². The molecular weight excluding hydrogens is 420 g/mol. The van der Waals surface area contributed by atoms with Gasteiger partial charge in [0.2, 0.25) is 0 Å². The van der Waals surface area contributed by atoms with Crippen molar-refractivity contribution in [2.75, 3.05) is 18.4 Å². The second kappa shape index (κ2) is 10.0. The molecule has 5 nitrogen and oxygen atoms in total. The zero-order chi connectivity index (χ0) is 23.3. The van der Waals surface area contributed by atoms with Crippen LogP contribution in [-0.4, -0.2) is 33.9 Å². The second-order valence-electron chi connectivity index (χ2n) is 9.20. The standard InChI is InChI=1S/C29H30N4O/c1-21-11-12-25(17-28(21)32-19-23-6-3-13-30-18-23)29(34)33-15-5-7-22(20-33)16-24-8-2-10-27-26(24)9-4-14-31-27/h2-4,6,8-14,17-18,22,32H,5,7,15-16,19-20H2,1H3/t22-/m0/s1. The number of rotatable bonds is 6. The predicted octanol–water partition coefficient (Wildman–Crippen LogP) is 5.65. The molecule has 2 aromatic heterocycles. The molecule has 5 heteroatoms. The van der Waals surface area contributed by atoms with Crippen LogP contribution in [0.5, 0.6) is 0 Å². The summed E-state index contributed by atoms with van der Waals surface area (Å²) in [5.41, 5.74) is 6.33. The monoisotopic (exact) mass is 450 g/mol. The number of hydrogen-bond donors (Lipinski definition) is 1. The number of aryl methyl sites for hydroxylation is 1. The first-order valence-electron chi connectivity index (χ1n) is 12.0. The zero-order valence-electron chi connectivity index (χ0n) is 19.6. The first-order chi connectivity index (χ1) is 16.7. The topological polar surface area (TPSA) is 58.1 Å². The summed E-state index contributed by atoms with van der Waals surface area (Å²) in [7, 11) is 0. The van der Waals surface area contributed by atoms with Gasteiger partial charge in [-0.2, -0.15) is 0 Å². The SMILES string of the molecule is Cc1ccc(C(=O)N2CCC[C@@H](Cc3cccc4ncccc34)C2)cc1NCc1cccnc1. The third-order valence-electron chi connectivity index (χ3n) is 6.74. The Balaban J connectivity index is 1.28. The highest BCUT2D eigenvalue weighted by molar-refractivity contribution is 5.95. The van der Waals surface area contributed by atoms with Crippen LogP contribution in [-0.2, 0) is 13.0 Å². The molecule has 34 heavy (non-hydrogen) atoms. The van der Waals surface area contributed by atoms with Gasteiger partial charge in [0.05, 0.1) is 5.52 Å². The Kier molecular flexibility index (Phi) is 6.52.